The Morgan fingerprint density at radius 1 is 1.00 bits per heavy atom. The van der Waals surface area contributed by atoms with Crippen molar-refractivity contribution in [1.82, 2.24) is 16.0 Å². The minimum Gasteiger partial charge on any atom is -0.444 e. The van der Waals surface area contributed by atoms with E-state index in [1.807, 2.05) is 44.2 Å². The number of nitrogens with one attached hydrogen (secondary N) is 3. The van der Waals surface area contributed by atoms with Crippen LogP contribution in [-0.2, 0) is 14.3 Å². The molecule has 3 amide bonds. The lowest BCUT2D eigenvalue weighted by atomic mass is 9.70. The highest BCUT2D eigenvalue weighted by atomic mass is 16.6. The number of hydrogen-bond donors (Lipinski definition) is 3. The van der Waals surface area contributed by atoms with Gasteiger partial charge in [-0.1, -0.05) is 71.4 Å². The van der Waals surface area contributed by atoms with Crippen molar-refractivity contribution in [3.63, 3.8) is 0 Å². The Labute approximate surface area is 223 Å². The molecule has 1 saturated carbocycles. The Hall–Kier alpha value is -2.57. The minimum atomic E-state index is -0.749. The Morgan fingerprint density at radius 3 is 2.22 bits per heavy atom. The molecule has 0 unspecified atom stereocenters. The summed E-state index contributed by atoms with van der Waals surface area (Å²) in [4.78, 5) is 39.2. The maximum atomic E-state index is 13.4. The molecule has 7 nitrogen and oxygen atoms in total. The van der Waals surface area contributed by atoms with Crippen molar-refractivity contribution in [3.8, 4) is 0 Å². The highest BCUT2D eigenvalue weighted by Gasteiger charge is 2.36. The van der Waals surface area contributed by atoms with Crippen LogP contribution in [0.4, 0.5) is 4.79 Å². The lowest BCUT2D eigenvalue weighted by Gasteiger charge is -2.36. The van der Waals surface area contributed by atoms with Gasteiger partial charge in [0.2, 0.25) is 11.8 Å². The van der Waals surface area contributed by atoms with Gasteiger partial charge in [0.1, 0.15) is 11.6 Å². The fourth-order valence-corrected chi connectivity index (χ4v) is 5.20. The standard InChI is InChI=1S/C30H49N3O4/c1-19(2)16-25(33-29(36)37-30(6,7)8)28(35)32-26(22-12-10-9-11-13-22)18-31-27(34)24-17-21(5)14-15-23(24)20(3)4/h9-13,19-21,23-26H,14-18H2,1-8H3,(H,31,34)(H,32,35)(H,33,36)/t21-,23+,24-,25-,26-/m1/s1. The number of benzene rings is 1. The molecular formula is C30H49N3O4. The summed E-state index contributed by atoms with van der Waals surface area (Å²) in [6, 6.07) is 8.46. The molecule has 1 aliphatic carbocycles. The van der Waals surface area contributed by atoms with E-state index in [2.05, 4.69) is 36.7 Å². The molecule has 0 heterocycles. The van der Waals surface area contributed by atoms with Crippen LogP contribution in [0.1, 0.15) is 92.7 Å². The molecule has 3 N–H and O–H groups in total. The number of carbonyl (C=O) groups excluding carboxylic acids is 3. The highest BCUT2D eigenvalue weighted by Crippen LogP contribution is 2.38. The predicted molar refractivity (Wildman–Crippen MR) is 148 cm³/mol. The van der Waals surface area contributed by atoms with Gasteiger partial charge in [0.05, 0.1) is 6.04 Å². The summed E-state index contributed by atoms with van der Waals surface area (Å²) in [5.41, 5.74) is 0.235. The first kappa shape index (κ1) is 30.7. The fraction of sp³-hybridized carbons (Fsp3) is 0.700. The first-order chi connectivity index (χ1) is 17.3. The van der Waals surface area contributed by atoms with E-state index in [4.69, 9.17) is 4.74 Å². The van der Waals surface area contributed by atoms with E-state index in [-0.39, 0.29) is 30.2 Å². The van der Waals surface area contributed by atoms with Crippen molar-refractivity contribution in [2.45, 2.75) is 98.8 Å². The van der Waals surface area contributed by atoms with Crippen LogP contribution in [0, 0.1) is 29.6 Å². The van der Waals surface area contributed by atoms with Crippen LogP contribution in [0.3, 0.4) is 0 Å². The largest absolute Gasteiger partial charge is 0.444 e. The van der Waals surface area contributed by atoms with Crippen molar-refractivity contribution in [2.24, 2.45) is 29.6 Å². The number of alkyl carbamates (subject to hydrolysis) is 1. The first-order valence-corrected chi connectivity index (χ1v) is 13.9. The second kappa shape index (κ2) is 13.8. The van der Waals surface area contributed by atoms with Crippen molar-refractivity contribution >= 4 is 17.9 Å². The van der Waals surface area contributed by atoms with Gasteiger partial charge in [-0.25, -0.2) is 4.79 Å². The zero-order chi connectivity index (χ0) is 27.8. The summed E-state index contributed by atoms with van der Waals surface area (Å²) in [6.07, 6.45) is 2.98. The molecule has 7 heteroatoms. The summed E-state index contributed by atoms with van der Waals surface area (Å²) < 4.78 is 5.39. The van der Waals surface area contributed by atoms with Gasteiger partial charge in [0.15, 0.2) is 0 Å². The molecule has 0 spiro atoms. The molecule has 0 aromatic heterocycles. The number of rotatable bonds is 10. The molecule has 1 fully saturated rings. The Balaban J connectivity index is 2.15. The molecule has 208 valence electrons. The van der Waals surface area contributed by atoms with Crippen molar-refractivity contribution in [2.75, 3.05) is 6.54 Å². The van der Waals surface area contributed by atoms with Crippen LogP contribution in [-0.4, -0.2) is 36.1 Å². The van der Waals surface area contributed by atoms with E-state index in [1.54, 1.807) is 20.8 Å². The van der Waals surface area contributed by atoms with Crippen molar-refractivity contribution < 1.29 is 19.1 Å². The molecule has 1 aromatic carbocycles. The van der Waals surface area contributed by atoms with Gasteiger partial charge in [-0.15, -0.1) is 0 Å². The van der Waals surface area contributed by atoms with E-state index in [9.17, 15) is 14.4 Å². The number of amides is 3. The second-order valence-electron chi connectivity index (χ2n) is 12.5. The van der Waals surface area contributed by atoms with E-state index < -0.39 is 23.8 Å². The van der Waals surface area contributed by atoms with E-state index in [0.717, 1.165) is 24.8 Å². The molecule has 0 saturated heterocycles. The van der Waals surface area contributed by atoms with Gasteiger partial charge < -0.3 is 20.7 Å². The molecule has 0 bridgehead atoms. The molecule has 0 radical (unpaired) electrons. The normalized spacial score (nSPS) is 21.7. The van der Waals surface area contributed by atoms with Crippen LogP contribution in [0.2, 0.25) is 0 Å². The third-order valence-corrected chi connectivity index (χ3v) is 7.07. The molecule has 0 aliphatic heterocycles. The molecule has 2 rings (SSSR count). The van der Waals surface area contributed by atoms with Crippen LogP contribution < -0.4 is 16.0 Å². The second-order valence-corrected chi connectivity index (χ2v) is 12.5. The molecule has 5 atom stereocenters. The van der Waals surface area contributed by atoms with Crippen molar-refractivity contribution in [3.05, 3.63) is 35.9 Å². The summed E-state index contributed by atoms with van der Waals surface area (Å²) in [6.45, 7) is 16.3. The number of hydrogen-bond acceptors (Lipinski definition) is 4. The first-order valence-electron chi connectivity index (χ1n) is 13.9. The zero-order valence-corrected chi connectivity index (χ0v) is 24.1. The van der Waals surface area contributed by atoms with E-state index in [0.29, 0.717) is 24.2 Å². The summed E-state index contributed by atoms with van der Waals surface area (Å²) >= 11 is 0. The van der Waals surface area contributed by atoms with E-state index >= 15 is 0 Å². The van der Waals surface area contributed by atoms with Gasteiger partial charge >= 0.3 is 6.09 Å². The zero-order valence-electron chi connectivity index (χ0n) is 24.1. The Bertz CT molecular complexity index is 879. The average molecular weight is 516 g/mol. The van der Waals surface area contributed by atoms with Gasteiger partial charge in [-0.05, 0) is 69.3 Å². The summed E-state index contributed by atoms with van der Waals surface area (Å²) in [5, 5.41) is 8.97. The monoisotopic (exact) mass is 515 g/mol. The molecule has 1 aromatic rings. The van der Waals surface area contributed by atoms with Gasteiger partial charge in [0, 0.05) is 12.5 Å². The smallest absolute Gasteiger partial charge is 0.408 e. The molecule has 1 aliphatic rings. The maximum absolute atomic E-state index is 13.4. The third kappa shape index (κ3) is 10.4. The van der Waals surface area contributed by atoms with Crippen LogP contribution in [0.5, 0.6) is 0 Å². The third-order valence-electron chi connectivity index (χ3n) is 7.07. The fourth-order valence-electron chi connectivity index (χ4n) is 5.20. The summed E-state index contributed by atoms with van der Waals surface area (Å²) in [7, 11) is 0. The predicted octanol–water partition coefficient (Wildman–Crippen LogP) is 5.61. The lowest BCUT2D eigenvalue weighted by molar-refractivity contribution is -0.130. The SMILES string of the molecule is CC(C)C[C@@H](NC(=O)OC(C)(C)C)C(=O)N[C@H](CNC(=O)[C@@H]1C[C@H](C)CC[C@H]1C(C)C)c1ccccc1. The topological polar surface area (TPSA) is 96.5 Å². The van der Waals surface area contributed by atoms with Gasteiger partial charge in [-0.3, -0.25) is 9.59 Å². The van der Waals surface area contributed by atoms with Gasteiger partial charge in [-0.2, -0.15) is 0 Å². The quantitative estimate of drug-likeness (QED) is 0.377. The molecule has 37 heavy (non-hydrogen) atoms. The van der Waals surface area contributed by atoms with Gasteiger partial charge in [0.25, 0.3) is 0 Å². The maximum Gasteiger partial charge on any atom is 0.408 e. The minimum absolute atomic E-state index is 0.0154. The lowest BCUT2D eigenvalue weighted by Crippen LogP contribution is -2.51. The Kier molecular flexibility index (Phi) is 11.5. The molecular weight excluding hydrogens is 466 g/mol. The van der Waals surface area contributed by atoms with Crippen molar-refractivity contribution in [1.29, 1.82) is 0 Å². The van der Waals surface area contributed by atoms with Crippen LogP contribution in [0.15, 0.2) is 30.3 Å². The Morgan fingerprint density at radius 2 is 1.65 bits per heavy atom. The summed E-state index contributed by atoms with van der Waals surface area (Å²) in [5.74, 6) is 1.28. The van der Waals surface area contributed by atoms with Crippen LogP contribution in [0.25, 0.3) is 0 Å². The number of carbonyl (C=O) groups is 3. The number of ether oxygens (including phenoxy) is 1. The highest BCUT2D eigenvalue weighted by molar-refractivity contribution is 5.86. The van der Waals surface area contributed by atoms with Crippen LogP contribution >= 0.6 is 0 Å². The van der Waals surface area contributed by atoms with E-state index in [1.165, 1.54) is 0 Å². The average Bonchev–Trinajstić information content (AvgIpc) is 2.79.